The van der Waals surface area contributed by atoms with E-state index in [1.807, 2.05) is 6.07 Å². The molecule has 1 aliphatic rings. The number of nitrogens with one attached hydrogen (secondary N) is 1. The maximum Gasteiger partial charge on any atom is 0.251 e. The molecule has 2 heterocycles. The van der Waals surface area contributed by atoms with E-state index in [1.165, 1.54) is 11.1 Å². The van der Waals surface area contributed by atoms with Crippen LogP contribution in [0, 0.1) is 0 Å². The lowest BCUT2D eigenvalue weighted by atomic mass is 10.00. The molecule has 5 nitrogen and oxygen atoms in total. The van der Waals surface area contributed by atoms with Crippen LogP contribution in [0.15, 0.2) is 42.6 Å². The lowest BCUT2D eigenvalue weighted by Gasteiger charge is -2.30. The van der Waals surface area contributed by atoms with Gasteiger partial charge in [0.2, 0.25) is 0 Å². The highest BCUT2D eigenvalue weighted by molar-refractivity contribution is 5.94. The smallest absolute Gasteiger partial charge is 0.251 e. The van der Waals surface area contributed by atoms with Crippen molar-refractivity contribution in [3.8, 4) is 0 Å². The Balaban J connectivity index is 1.62. The lowest BCUT2D eigenvalue weighted by molar-refractivity contribution is 0.0949. The molecule has 1 N–H and O–H groups in total. The highest BCUT2D eigenvalue weighted by Gasteiger charge is 2.18. The van der Waals surface area contributed by atoms with E-state index in [4.69, 9.17) is 0 Å². The number of hydrogen-bond acceptors (Lipinski definition) is 4. The first-order valence-electron chi connectivity index (χ1n) is 9.49. The van der Waals surface area contributed by atoms with E-state index in [-0.39, 0.29) is 5.91 Å². The Morgan fingerprint density at radius 1 is 1.19 bits per heavy atom. The number of likely N-dealkylation sites (N-methyl/N-ethyl adjacent to an activating group) is 1. The average molecular weight is 352 g/mol. The van der Waals surface area contributed by atoms with Crippen LogP contribution in [0.3, 0.4) is 0 Å². The summed E-state index contributed by atoms with van der Waals surface area (Å²) in [7, 11) is 0. The summed E-state index contributed by atoms with van der Waals surface area (Å²) in [6, 6.07) is 12.2. The van der Waals surface area contributed by atoms with Crippen molar-refractivity contribution >= 4 is 11.7 Å². The van der Waals surface area contributed by atoms with Gasteiger partial charge in [0.1, 0.15) is 5.82 Å². The van der Waals surface area contributed by atoms with Crippen LogP contribution in [0.4, 0.5) is 5.82 Å². The number of rotatable bonds is 7. The van der Waals surface area contributed by atoms with Gasteiger partial charge in [0.05, 0.1) is 0 Å². The third-order valence-corrected chi connectivity index (χ3v) is 5.07. The molecular weight excluding hydrogens is 324 g/mol. The van der Waals surface area contributed by atoms with Gasteiger partial charge in [0, 0.05) is 37.9 Å². The van der Waals surface area contributed by atoms with Gasteiger partial charge in [-0.2, -0.15) is 0 Å². The standard InChI is InChI=1S/C21H28N4O/c1-3-24(4-2)14-12-23-21(26)18-9-11-22-20(15-18)25-13-10-17-7-5-6-8-19(17)16-25/h5-9,11,15H,3-4,10,12-14,16H2,1-2H3,(H,23,26). The Labute approximate surface area is 156 Å². The molecule has 3 rings (SSSR count). The quantitative estimate of drug-likeness (QED) is 0.832. The van der Waals surface area contributed by atoms with E-state index in [1.54, 1.807) is 12.3 Å². The van der Waals surface area contributed by atoms with Gasteiger partial charge in [-0.1, -0.05) is 38.1 Å². The predicted molar refractivity (Wildman–Crippen MR) is 106 cm³/mol. The number of fused-ring (bicyclic) bond motifs is 1. The molecule has 5 heteroatoms. The molecule has 1 amide bonds. The minimum atomic E-state index is -0.0294. The second-order valence-corrected chi connectivity index (χ2v) is 6.63. The molecular formula is C21H28N4O. The maximum absolute atomic E-state index is 12.5. The number of aromatic nitrogens is 1. The highest BCUT2D eigenvalue weighted by atomic mass is 16.1. The minimum Gasteiger partial charge on any atom is -0.352 e. The molecule has 0 aliphatic carbocycles. The van der Waals surface area contributed by atoms with Crippen molar-refractivity contribution in [2.45, 2.75) is 26.8 Å². The third kappa shape index (κ3) is 4.41. The Morgan fingerprint density at radius 2 is 1.96 bits per heavy atom. The van der Waals surface area contributed by atoms with Crippen molar-refractivity contribution in [3.05, 3.63) is 59.3 Å². The number of amides is 1. The summed E-state index contributed by atoms with van der Waals surface area (Å²) in [4.78, 5) is 21.5. The fraction of sp³-hybridized carbons (Fsp3) is 0.429. The van der Waals surface area contributed by atoms with Crippen LogP contribution in [0.2, 0.25) is 0 Å². The highest BCUT2D eigenvalue weighted by Crippen LogP contribution is 2.23. The van der Waals surface area contributed by atoms with Crippen LogP contribution < -0.4 is 10.2 Å². The fourth-order valence-electron chi connectivity index (χ4n) is 3.39. The van der Waals surface area contributed by atoms with E-state index in [9.17, 15) is 4.79 Å². The average Bonchev–Trinajstić information content (AvgIpc) is 2.71. The molecule has 0 fully saturated rings. The molecule has 0 radical (unpaired) electrons. The monoisotopic (exact) mass is 352 g/mol. The van der Waals surface area contributed by atoms with Crippen LogP contribution in [-0.4, -0.2) is 48.5 Å². The topological polar surface area (TPSA) is 48.5 Å². The number of carbonyl (C=O) groups excluding carboxylic acids is 1. The van der Waals surface area contributed by atoms with Crippen LogP contribution in [0.5, 0.6) is 0 Å². The molecule has 0 atom stereocenters. The summed E-state index contributed by atoms with van der Waals surface area (Å²) in [5, 5.41) is 3.02. The third-order valence-electron chi connectivity index (χ3n) is 5.07. The second-order valence-electron chi connectivity index (χ2n) is 6.63. The SMILES string of the molecule is CCN(CC)CCNC(=O)c1ccnc(N2CCc3ccccc3C2)c1. The molecule has 1 aromatic carbocycles. The second kappa shape index (κ2) is 8.81. The Morgan fingerprint density at radius 3 is 2.73 bits per heavy atom. The molecule has 138 valence electrons. The summed E-state index contributed by atoms with van der Waals surface area (Å²) in [5.41, 5.74) is 3.43. The van der Waals surface area contributed by atoms with Crippen molar-refractivity contribution in [2.24, 2.45) is 0 Å². The molecule has 0 saturated heterocycles. The maximum atomic E-state index is 12.5. The Kier molecular flexibility index (Phi) is 6.23. The normalized spacial score (nSPS) is 13.6. The van der Waals surface area contributed by atoms with E-state index in [0.29, 0.717) is 12.1 Å². The summed E-state index contributed by atoms with van der Waals surface area (Å²) in [6.07, 6.45) is 2.74. The van der Waals surface area contributed by atoms with E-state index < -0.39 is 0 Å². The van der Waals surface area contributed by atoms with Crippen molar-refractivity contribution in [3.63, 3.8) is 0 Å². The fourth-order valence-corrected chi connectivity index (χ4v) is 3.39. The van der Waals surface area contributed by atoms with Crippen LogP contribution in [-0.2, 0) is 13.0 Å². The van der Waals surface area contributed by atoms with Crippen molar-refractivity contribution in [1.29, 1.82) is 0 Å². The molecule has 0 spiro atoms. The van der Waals surface area contributed by atoms with Gasteiger partial charge in [0.15, 0.2) is 0 Å². The molecule has 0 bridgehead atoms. The molecule has 26 heavy (non-hydrogen) atoms. The number of benzene rings is 1. The zero-order chi connectivity index (χ0) is 18.4. The largest absolute Gasteiger partial charge is 0.352 e. The Bertz CT molecular complexity index is 742. The number of anilines is 1. The molecule has 0 unspecified atom stereocenters. The van der Waals surface area contributed by atoms with Gasteiger partial charge in [0.25, 0.3) is 5.91 Å². The summed E-state index contributed by atoms with van der Waals surface area (Å²) in [6.45, 7) is 9.58. The lowest BCUT2D eigenvalue weighted by Crippen LogP contribution is -2.35. The van der Waals surface area contributed by atoms with Gasteiger partial charge in [-0.3, -0.25) is 4.79 Å². The first-order valence-corrected chi connectivity index (χ1v) is 9.49. The number of carbonyl (C=O) groups is 1. The van der Waals surface area contributed by atoms with E-state index in [0.717, 1.165) is 45.0 Å². The first kappa shape index (κ1) is 18.4. The van der Waals surface area contributed by atoms with Crippen molar-refractivity contribution in [2.75, 3.05) is 37.6 Å². The van der Waals surface area contributed by atoms with Crippen molar-refractivity contribution in [1.82, 2.24) is 15.2 Å². The predicted octanol–water partition coefficient (Wildman–Crippen LogP) is 2.72. The van der Waals surface area contributed by atoms with Gasteiger partial charge < -0.3 is 15.1 Å². The van der Waals surface area contributed by atoms with Gasteiger partial charge >= 0.3 is 0 Å². The number of pyridine rings is 1. The minimum absolute atomic E-state index is 0.0294. The summed E-state index contributed by atoms with van der Waals surface area (Å²) in [5.74, 6) is 0.842. The molecule has 2 aromatic rings. The van der Waals surface area contributed by atoms with Gasteiger partial charge in [-0.25, -0.2) is 4.98 Å². The van der Waals surface area contributed by atoms with E-state index in [2.05, 4.69) is 58.2 Å². The van der Waals surface area contributed by atoms with Crippen LogP contribution >= 0.6 is 0 Å². The zero-order valence-electron chi connectivity index (χ0n) is 15.7. The van der Waals surface area contributed by atoms with Crippen LogP contribution in [0.1, 0.15) is 35.3 Å². The summed E-state index contributed by atoms with van der Waals surface area (Å²) < 4.78 is 0. The Hall–Kier alpha value is -2.40. The van der Waals surface area contributed by atoms with E-state index >= 15 is 0 Å². The first-order chi connectivity index (χ1) is 12.7. The number of nitrogens with zero attached hydrogens (tertiary/aromatic N) is 3. The molecule has 0 saturated carbocycles. The number of hydrogen-bond donors (Lipinski definition) is 1. The molecule has 1 aromatic heterocycles. The summed E-state index contributed by atoms with van der Waals surface area (Å²) >= 11 is 0. The van der Waals surface area contributed by atoms with Gasteiger partial charge in [-0.15, -0.1) is 0 Å². The van der Waals surface area contributed by atoms with Crippen LogP contribution in [0.25, 0.3) is 0 Å². The van der Waals surface area contributed by atoms with Crippen molar-refractivity contribution < 1.29 is 4.79 Å². The van der Waals surface area contributed by atoms with Gasteiger partial charge in [-0.05, 0) is 42.8 Å². The zero-order valence-corrected chi connectivity index (χ0v) is 15.7. The molecule has 1 aliphatic heterocycles.